The number of rotatable bonds is 6. The van der Waals surface area contributed by atoms with Gasteiger partial charge >= 0.3 is 0 Å². The summed E-state index contributed by atoms with van der Waals surface area (Å²) in [6, 6.07) is 3.39. The Morgan fingerprint density at radius 1 is 1.56 bits per heavy atom. The molecule has 1 fully saturated rings. The van der Waals surface area contributed by atoms with Crippen LogP contribution in [-0.2, 0) is 4.79 Å². The fourth-order valence-electron chi connectivity index (χ4n) is 1.54. The van der Waals surface area contributed by atoms with Crippen LogP contribution in [-0.4, -0.2) is 30.3 Å². The Hall–Kier alpha value is -1.91. The van der Waals surface area contributed by atoms with Gasteiger partial charge in [-0.3, -0.25) is 9.59 Å². The molecule has 1 aliphatic rings. The number of nitrogens with one attached hydrogen (secondary N) is 1. The van der Waals surface area contributed by atoms with Crippen LogP contribution in [0.3, 0.4) is 0 Å². The summed E-state index contributed by atoms with van der Waals surface area (Å²) in [4.78, 5) is 26.3. The molecule has 0 bridgehead atoms. The number of carbonyl (C=O) groups excluding carboxylic acids is 2. The van der Waals surface area contributed by atoms with Gasteiger partial charge in [0.05, 0.1) is 0 Å². The van der Waals surface area contributed by atoms with E-state index in [1.165, 1.54) is 12.8 Å². The number of hydrogen-bond acceptors (Lipinski definition) is 4. The Morgan fingerprint density at radius 3 is 3.00 bits per heavy atom. The SMILES string of the molecule is Cc1ccc(OCC(=O)NCC2CC2)c(C=O)n1. The van der Waals surface area contributed by atoms with Gasteiger partial charge in [-0.2, -0.15) is 0 Å². The third kappa shape index (κ3) is 3.55. The van der Waals surface area contributed by atoms with Crippen LogP contribution in [0.1, 0.15) is 29.0 Å². The zero-order valence-electron chi connectivity index (χ0n) is 10.3. The number of hydrogen-bond donors (Lipinski definition) is 1. The summed E-state index contributed by atoms with van der Waals surface area (Å²) in [7, 11) is 0. The van der Waals surface area contributed by atoms with Crippen LogP contribution < -0.4 is 10.1 Å². The highest BCUT2D eigenvalue weighted by Gasteiger charge is 2.21. The fourth-order valence-corrected chi connectivity index (χ4v) is 1.54. The van der Waals surface area contributed by atoms with E-state index >= 15 is 0 Å². The molecule has 5 heteroatoms. The maximum absolute atomic E-state index is 11.5. The lowest BCUT2D eigenvalue weighted by atomic mass is 10.3. The van der Waals surface area contributed by atoms with Gasteiger partial charge in [0.25, 0.3) is 5.91 Å². The molecule has 1 saturated carbocycles. The molecule has 96 valence electrons. The van der Waals surface area contributed by atoms with Crippen LogP contribution in [0.4, 0.5) is 0 Å². The maximum Gasteiger partial charge on any atom is 0.257 e. The van der Waals surface area contributed by atoms with E-state index in [0.29, 0.717) is 18.0 Å². The van der Waals surface area contributed by atoms with Crippen molar-refractivity contribution >= 4 is 12.2 Å². The molecule has 0 unspecified atom stereocenters. The van der Waals surface area contributed by atoms with Crippen LogP contribution in [0.2, 0.25) is 0 Å². The number of amides is 1. The Kier molecular flexibility index (Phi) is 3.92. The van der Waals surface area contributed by atoms with Gasteiger partial charge in [-0.1, -0.05) is 0 Å². The highest BCUT2D eigenvalue weighted by atomic mass is 16.5. The molecular weight excluding hydrogens is 232 g/mol. The van der Waals surface area contributed by atoms with E-state index in [1.807, 2.05) is 0 Å². The number of pyridine rings is 1. The van der Waals surface area contributed by atoms with Crippen LogP contribution in [0.25, 0.3) is 0 Å². The van der Waals surface area contributed by atoms with Gasteiger partial charge in [-0.05, 0) is 37.8 Å². The first-order valence-corrected chi connectivity index (χ1v) is 6.01. The third-order valence-corrected chi connectivity index (χ3v) is 2.78. The molecule has 5 nitrogen and oxygen atoms in total. The van der Waals surface area contributed by atoms with Crippen LogP contribution >= 0.6 is 0 Å². The van der Waals surface area contributed by atoms with Crippen LogP contribution in [0, 0.1) is 12.8 Å². The number of aryl methyl sites for hydroxylation is 1. The summed E-state index contributed by atoms with van der Waals surface area (Å²) in [5.74, 6) is 0.817. The fraction of sp³-hybridized carbons (Fsp3) is 0.462. The van der Waals surface area contributed by atoms with Gasteiger partial charge in [0.1, 0.15) is 11.4 Å². The van der Waals surface area contributed by atoms with E-state index in [9.17, 15) is 9.59 Å². The second-order valence-electron chi connectivity index (χ2n) is 4.49. The molecule has 0 atom stereocenters. The predicted molar refractivity (Wildman–Crippen MR) is 65.6 cm³/mol. The van der Waals surface area contributed by atoms with Gasteiger partial charge in [-0.15, -0.1) is 0 Å². The summed E-state index contributed by atoms with van der Waals surface area (Å²) in [6.45, 7) is 2.42. The van der Waals surface area contributed by atoms with Gasteiger partial charge in [0.15, 0.2) is 12.9 Å². The summed E-state index contributed by atoms with van der Waals surface area (Å²) in [5, 5.41) is 2.79. The lowest BCUT2D eigenvalue weighted by molar-refractivity contribution is -0.123. The molecule has 0 aromatic carbocycles. The Balaban J connectivity index is 1.84. The van der Waals surface area contributed by atoms with Crippen molar-refractivity contribution in [3.63, 3.8) is 0 Å². The molecule has 2 rings (SSSR count). The smallest absolute Gasteiger partial charge is 0.257 e. The highest BCUT2D eigenvalue weighted by molar-refractivity contribution is 5.79. The van der Waals surface area contributed by atoms with Crippen molar-refractivity contribution in [1.82, 2.24) is 10.3 Å². The second kappa shape index (κ2) is 5.62. The largest absolute Gasteiger partial charge is 0.481 e. The molecular formula is C13H16N2O3. The molecule has 0 spiro atoms. The topological polar surface area (TPSA) is 68.3 Å². The molecule has 0 aliphatic heterocycles. The number of aldehydes is 1. The van der Waals surface area contributed by atoms with Crippen molar-refractivity contribution in [2.24, 2.45) is 5.92 Å². The van der Waals surface area contributed by atoms with Crippen molar-refractivity contribution in [2.45, 2.75) is 19.8 Å². The monoisotopic (exact) mass is 248 g/mol. The standard InChI is InChI=1S/C13H16N2O3/c1-9-2-5-12(11(7-16)15-9)18-8-13(17)14-6-10-3-4-10/h2,5,7,10H,3-4,6,8H2,1H3,(H,14,17). The molecule has 1 amide bonds. The van der Waals surface area contributed by atoms with Crippen molar-refractivity contribution in [3.05, 3.63) is 23.5 Å². The predicted octanol–water partition coefficient (Wildman–Crippen LogP) is 1.11. The van der Waals surface area contributed by atoms with Gasteiger partial charge in [-0.25, -0.2) is 4.98 Å². The average molecular weight is 248 g/mol. The summed E-state index contributed by atoms with van der Waals surface area (Å²) in [6.07, 6.45) is 3.01. The lowest BCUT2D eigenvalue weighted by Crippen LogP contribution is -2.30. The maximum atomic E-state index is 11.5. The van der Waals surface area contributed by atoms with Crippen LogP contribution in [0.15, 0.2) is 12.1 Å². The normalized spacial score (nSPS) is 14.1. The van der Waals surface area contributed by atoms with Crippen molar-refractivity contribution in [3.8, 4) is 5.75 Å². The Morgan fingerprint density at radius 2 is 2.33 bits per heavy atom. The van der Waals surface area contributed by atoms with Crippen molar-refractivity contribution < 1.29 is 14.3 Å². The van der Waals surface area contributed by atoms with Gasteiger partial charge < -0.3 is 10.1 Å². The summed E-state index contributed by atoms with van der Waals surface area (Å²) < 4.78 is 5.29. The highest BCUT2D eigenvalue weighted by Crippen LogP contribution is 2.27. The van der Waals surface area contributed by atoms with Gasteiger partial charge in [0, 0.05) is 12.2 Å². The third-order valence-electron chi connectivity index (χ3n) is 2.78. The number of ether oxygens (including phenoxy) is 1. The van der Waals surface area contributed by atoms with Crippen molar-refractivity contribution in [1.29, 1.82) is 0 Å². The lowest BCUT2D eigenvalue weighted by Gasteiger charge is -2.08. The van der Waals surface area contributed by atoms with E-state index in [2.05, 4.69) is 10.3 Å². The van der Waals surface area contributed by atoms with E-state index in [1.54, 1.807) is 19.1 Å². The first kappa shape index (κ1) is 12.5. The van der Waals surface area contributed by atoms with E-state index < -0.39 is 0 Å². The molecule has 18 heavy (non-hydrogen) atoms. The molecule has 1 aromatic rings. The Labute approximate surface area is 106 Å². The van der Waals surface area contributed by atoms with E-state index in [-0.39, 0.29) is 18.2 Å². The minimum atomic E-state index is -0.167. The molecule has 0 saturated heterocycles. The molecule has 1 aliphatic carbocycles. The average Bonchev–Trinajstić information content (AvgIpc) is 3.18. The van der Waals surface area contributed by atoms with Crippen molar-refractivity contribution in [2.75, 3.05) is 13.2 Å². The Bertz CT molecular complexity index is 456. The van der Waals surface area contributed by atoms with E-state index in [0.717, 1.165) is 12.2 Å². The minimum Gasteiger partial charge on any atom is -0.481 e. The molecule has 1 N–H and O–H groups in total. The van der Waals surface area contributed by atoms with Crippen LogP contribution in [0.5, 0.6) is 5.75 Å². The summed E-state index contributed by atoms with van der Waals surface area (Å²) in [5.41, 5.74) is 0.965. The molecule has 1 aromatic heterocycles. The number of carbonyl (C=O) groups is 2. The second-order valence-corrected chi connectivity index (χ2v) is 4.49. The number of aromatic nitrogens is 1. The first-order chi connectivity index (χ1) is 8.69. The molecule has 1 heterocycles. The van der Waals surface area contributed by atoms with Gasteiger partial charge in [0.2, 0.25) is 0 Å². The first-order valence-electron chi connectivity index (χ1n) is 6.01. The zero-order valence-corrected chi connectivity index (χ0v) is 10.3. The zero-order chi connectivity index (χ0) is 13.0. The number of nitrogens with zero attached hydrogens (tertiary/aromatic N) is 1. The molecule has 0 radical (unpaired) electrons. The minimum absolute atomic E-state index is 0.0850. The summed E-state index contributed by atoms with van der Waals surface area (Å²) >= 11 is 0. The van der Waals surface area contributed by atoms with E-state index in [4.69, 9.17) is 4.74 Å². The quantitative estimate of drug-likeness (QED) is 0.766.